The topological polar surface area (TPSA) is 46.5 Å². The summed E-state index contributed by atoms with van der Waals surface area (Å²) in [4.78, 5) is 4.11. The minimum atomic E-state index is -2.95. The number of hydrogen-bond acceptors (Lipinski definition) is 2. The molecule has 0 unspecified atom stereocenters. The Morgan fingerprint density at radius 2 is 2.05 bits per heavy atom. The van der Waals surface area contributed by atoms with Gasteiger partial charge in [0.1, 0.15) is 11.5 Å². The van der Waals surface area contributed by atoms with Crippen LogP contribution < -0.4 is 0 Å². The predicted octanol–water partition coefficient (Wildman–Crippen LogP) is 3.98. The van der Waals surface area contributed by atoms with Gasteiger partial charge in [-0.2, -0.15) is 13.9 Å². The molecule has 3 aromatic rings. The lowest BCUT2D eigenvalue weighted by Crippen LogP contribution is -2.07. The largest absolute Gasteiger partial charge is 0.303 e. The Morgan fingerprint density at radius 3 is 2.71 bits per heavy atom. The smallest absolute Gasteiger partial charge is 0.288 e. The number of fused-ring (bicyclic) bond motifs is 1. The van der Waals surface area contributed by atoms with Crippen molar-refractivity contribution in [2.45, 2.75) is 32.6 Å². The number of alkyl halides is 2. The molecular weight excluding hydrogens is 274 g/mol. The molecule has 0 aliphatic heterocycles. The second-order valence-electron chi connectivity index (χ2n) is 5.54. The Labute approximate surface area is 120 Å². The van der Waals surface area contributed by atoms with Crippen LogP contribution in [-0.2, 0) is 5.92 Å². The monoisotopic (exact) mass is 290 g/mol. The van der Waals surface area contributed by atoms with Crippen LogP contribution in [0.25, 0.3) is 16.6 Å². The van der Waals surface area contributed by atoms with Crippen molar-refractivity contribution in [2.75, 3.05) is 0 Å². The second-order valence-corrected chi connectivity index (χ2v) is 5.54. The van der Waals surface area contributed by atoms with Crippen LogP contribution in [0.1, 0.15) is 38.2 Å². The number of nitrogens with zero attached hydrogens (tertiary/aromatic N) is 3. The summed E-state index contributed by atoms with van der Waals surface area (Å²) in [5.74, 6) is -2.29. The second kappa shape index (κ2) is 4.65. The molecule has 1 N–H and O–H groups in total. The molecule has 21 heavy (non-hydrogen) atoms. The number of aromatic nitrogens is 4. The van der Waals surface area contributed by atoms with Crippen molar-refractivity contribution in [1.82, 2.24) is 19.7 Å². The molecule has 2 aromatic heterocycles. The summed E-state index contributed by atoms with van der Waals surface area (Å²) in [5.41, 5.74) is 1.50. The molecular formula is C15H16F2N4. The van der Waals surface area contributed by atoms with E-state index in [1.165, 1.54) is 6.20 Å². The van der Waals surface area contributed by atoms with E-state index in [-0.39, 0.29) is 11.6 Å². The molecule has 0 aliphatic carbocycles. The minimum absolute atomic E-state index is 0.0427. The normalized spacial score (nSPS) is 12.5. The molecule has 0 bridgehead atoms. The van der Waals surface area contributed by atoms with Gasteiger partial charge in [0.2, 0.25) is 0 Å². The molecule has 4 nitrogen and oxygen atoms in total. The fourth-order valence-electron chi connectivity index (χ4n) is 2.30. The van der Waals surface area contributed by atoms with Crippen molar-refractivity contribution in [3.05, 3.63) is 42.1 Å². The molecule has 0 atom stereocenters. The summed E-state index contributed by atoms with van der Waals surface area (Å²) in [6.07, 6.45) is 3.12. The number of imidazole rings is 1. The van der Waals surface area contributed by atoms with Crippen LogP contribution in [0, 0.1) is 0 Å². The summed E-state index contributed by atoms with van der Waals surface area (Å²) in [5, 5.41) is 7.77. The standard InChI is InChI=1S/C15H16F2N4/c1-9(2)14-19-13(15(3,16)17)8-21(14)11-4-5-12-10(6-11)7-18-20-12/h4-9H,1-3H3,(H,18,20). The zero-order valence-electron chi connectivity index (χ0n) is 12.1. The van der Waals surface area contributed by atoms with Gasteiger partial charge in [-0.25, -0.2) is 4.98 Å². The third kappa shape index (κ3) is 2.41. The summed E-state index contributed by atoms with van der Waals surface area (Å²) >= 11 is 0. The lowest BCUT2D eigenvalue weighted by atomic mass is 10.2. The van der Waals surface area contributed by atoms with E-state index in [1.54, 1.807) is 10.8 Å². The van der Waals surface area contributed by atoms with Crippen molar-refractivity contribution >= 4 is 10.9 Å². The maximum Gasteiger partial charge on any atom is 0.288 e. The molecule has 0 fully saturated rings. The fourth-order valence-corrected chi connectivity index (χ4v) is 2.30. The van der Waals surface area contributed by atoms with Gasteiger partial charge in [0, 0.05) is 30.1 Å². The Kier molecular flexibility index (Phi) is 3.04. The Bertz CT molecular complexity index is 780. The molecule has 0 amide bonds. The molecule has 0 radical (unpaired) electrons. The zero-order valence-corrected chi connectivity index (χ0v) is 12.1. The minimum Gasteiger partial charge on any atom is -0.303 e. The van der Waals surface area contributed by atoms with Crippen LogP contribution in [0.5, 0.6) is 0 Å². The molecule has 1 aromatic carbocycles. The van der Waals surface area contributed by atoms with Crippen LogP contribution in [0.15, 0.2) is 30.6 Å². The SMILES string of the molecule is CC(C)c1nc(C(C)(F)F)cn1-c1ccc2[nH]ncc2c1. The van der Waals surface area contributed by atoms with Gasteiger partial charge in [0.15, 0.2) is 0 Å². The number of halogens is 2. The van der Waals surface area contributed by atoms with Crippen molar-refractivity contribution in [1.29, 1.82) is 0 Å². The number of rotatable bonds is 3. The van der Waals surface area contributed by atoms with Gasteiger partial charge in [-0.3, -0.25) is 5.10 Å². The molecule has 0 aliphatic rings. The summed E-state index contributed by atoms with van der Waals surface area (Å²) in [6, 6.07) is 5.65. The van der Waals surface area contributed by atoms with Crippen molar-refractivity contribution in [3.8, 4) is 5.69 Å². The van der Waals surface area contributed by atoms with Crippen molar-refractivity contribution in [3.63, 3.8) is 0 Å². The maximum absolute atomic E-state index is 13.5. The Hall–Kier alpha value is -2.24. The Balaban J connectivity index is 2.17. The summed E-state index contributed by atoms with van der Waals surface area (Å²) in [7, 11) is 0. The maximum atomic E-state index is 13.5. The highest BCUT2D eigenvalue weighted by atomic mass is 19.3. The first-order valence-electron chi connectivity index (χ1n) is 6.77. The quantitative estimate of drug-likeness (QED) is 0.793. The lowest BCUT2D eigenvalue weighted by molar-refractivity contribution is 0.0130. The van der Waals surface area contributed by atoms with E-state index in [4.69, 9.17) is 0 Å². The van der Waals surface area contributed by atoms with Gasteiger partial charge in [0.25, 0.3) is 5.92 Å². The molecule has 3 rings (SSSR count). The van der Waals surface area contributed by atoms with E-state index in [0.29, 0.717) is 5.82 Å². The highest BCUT2D eigenvalue weighted by molar-refractivity contribution is 5.80. The van der Waals surface area contributed by atoms with Crippen LogP contribution in [0.2, 0.25) is 0 Å². The van der Waals surface area contributed by atoms with E-state index in [0.717, 1.165) is 23.5 Å². The predicted molar refractivity (Wildman–Crippen MR) is 76.9 cm³/mol. The van der Waals surface area contributed by atoms with Gasteiger partial charge in [-0.05, 0) is 18.2 Å². The third-order valence-corrected chi connectivity index (χ3v) is 3.40. The number of benzene rings is 1. The zero-order chi connectivity index (χ0) is 15.2. The number of aromatic amines is 1. The summed E-state index contributed by atoms with van der Waals surface area (Å²) < 4.78 is 28.8. The van der Waals surface area contributed by atoms with Crippen LogP contribution in [0.4, 0.5) is 8.78 Å². The summed E-state index contributed by atoms with van der Waals surface area (Å²) in [6.45, 7) is 4.74. The van der Waals surface area contributed by atoms with Crippen LogP contribution in [-0.4, -0.2) is 19.7 Å². The van der Waals surface area contributed by atoms with E-state index in [9.17, 15) is 8.78 Å². The van der Waals surface area contributed by atoms with Gasteiger partial charge < -0.3 is 4.57 Å². The van der Waals surface area contributed by atoms with E-state index < -0.39 is 5.92 Å². The van der Waals surface area contributed by atoms with Gasteiger partial charge >= 0.3 is 0 Å². The fraction of sp³-hybridized carbons (Fsp3) is 0.333. The van der Waals surface area contributed by atoms with Gasteiger partial charge in [0.05, 0.1) is 11.7 Å². The lowest BCUT2D eigenvalue weighted by Gasteiger charge is -2.10. The first-order chi connectivity index (χ1) is 9.86. The third-order valence-electron chi connectivity index (χ3n) is 3.40. The number of nitrogens with one attached hydrogen (secondary N) is 1. The van der Waals surface area contributed by atoms with Gasteiger partial charge in [-0.15, -0.1) is 0 Å². The highest BCUT2D eigenvalue weighted by Crippen LogP contribution is 2.30. The molecule has 110 valence electrons. The van der Waals surface area contributed by atoms with Gasteiger partial charge in [-0.1, -0.05) is 13.8 Å². The highest BCUT2D eigenvalue weighted by Gasteiger charge is 2.29. The first kappa shape index (κ1) is 13.7. The number of hydrogen-bond donors (Lipinski definition) is 1. The molecule has 0 saturated carbocycles. The van der Waals surface area contributed by atoms with Crippen molar-refractivity contribution < 1.29 is 8.78 Å². The first-order valence-corrected chi connectivity index (χ1v) is 6.77. The van der Waals surface area contributed by atoms with Crippen LogP contribution in [0.3, 0.4) is 0 Å². The molecule has 0 saturated heterocycles. The molecule has 0 spiro atoms. The van der Waals surface area contributed by atoms with Crippen molar-refractivity contribution in [2.24, 2.45) is 0 Å². The van der Waals surface area contributed by atoms with E-state index in [2.05, 4.69) is 15.2 Å². The van der Waals surface area contributed by atoms with E-state index in [1.807, 2.05) is 32.0 Å². The van der Waals surface area contributed by atoms with E-state index >= 15 is 0 Å². The average Bonchev–Trinajstić information content (AvgIpc) is 3.03. The number of H-pyrrole nitrogens is 1. The molecule has 2 heterocycles. The average molecular weight is 290 g/mol. The molecule has 6 heteroatoms. The Morgan fingerprint density at radius 1 is 1.29 bits per heavy atom. The van der Waals surface area contributed by atoms with Crippen LogP contribution >= 0.6 is 0 Å².